The van der Waals surface area contributed by atoms with Crippen LogP contribution in [0.3, 0.4) is 0 Å². The van der Waals surface area contributed by atoms with E-state index in [0.29, 0.717) is 5.82 Å². The van der Waals surface area contributed by atoms with Crippen molar-refractivity contribution in [2.45, 2.75) is 6.42 Å². The van der Waals surface area contributed by atoms with E-state index in [1.54, 1.807) is 12.5 Å². The van der Waals surface area contributed by atoms with Crippen molar-refractivity contribution in [3.8, 4) is 0 Å². The highest BCUT2D eigenvalue weighted by molar-refractivity contribution is 5.35. The fourth-order valence-corrected chi connectivity index (χ4v) is 1.20. The van der Waals surface area contributed by atoms with Gasteiger partial charge in [0.2, 0.25) is 0 Å². The molecule has 0 fully saturated rings. The summed E-state index contributed by atoms with van der Waals surface area (Å²) in [5, 5.41) is 3.12. The second-order valence-electron chi connectivity index (χ2n) is 3.08. The topological polar surface area (TPSA) is 77.0 Å². The third kappa shape index (κ3) is 2.70. The first-order valence-corrected chi connectivity index (χ1v) is 4.68. The van der Waals surface area contributed by atoms with E-state index in [1.807, 2.05) is 12.1 Å². The average Bonchev–Trinajstić information content (AvgIpc) is 2.74. The Bertz CT molecular complexity index is 396. The molecule has 0 aliphatic rings. The van der Waals surface area contributed by atoms with E-state index in [-0.39, 0.29) is 0 Å². The van der Waals surface area contributed by atoms with E-state index < -0.39 is 0 Å². The maximum atomic E-state index is 5.42. The summed E-state index contributed by atoms with van der Waals surface area (Å²) in [4.78, 5) is 7.99. The standard InChI is InChI=1S/C10H12N4O/c11-9-6-14-10(7-13-9)12-4-3-8-2-1-5-15-8/h1-2,5-7H,3-4H2,(H2,11,13)(H,12,14). The molecule has 0 aliphatic carbocycles. The molecule has 0 radical (unpaired) electrons. The number of rotatable bonds is 4. The summed E-state index contributed by atoms with van der Waals surface area (Å²) in [7, 11) is 0. The summed E-state index contributed by atoms with van der Waals surface area (Å²) < 4.78 is 5.19. The Hall–Kier alpha value is -2.04. The lowest BCUT2D eigenvalue weighted by molar-refractivity contribution is 0.513. The predicted molar refractivity (Wildman–Crippen MR) is 57.3 cm³/mol. The molecule has 0 bridgehead atoms. The minimum absolute atomic E-state index is 0.423. The van der Waals surface area contributed by atoms with Gasteiger partial charge in [0.15, 0.2) is 0 Å². The van der Waals surface area contributed by atoms with Crippen LogP contribution in [0.15, 0.2) is 35.2 Å². The molecule has 0 atom stereocenters. The van der Waals surface area contributed by atoms with Crippen molar-refractivity contribution in [2.24, 2.45) is 0 Å². The Balaban J connectivity index is 1.81. The van der Waals surface area contributed by atoms with Crippen molar-refractivity contribution < 1.29 is 4.42 Å². The van der Waals surface area contributed by atoms with Gasteiger partial charge in [-0.15, -0.1) is 0 Å². The van der Waals surface area contributed by atoms with Gasteiger partial charge in [-0.1, -0.05) is 0 Å². The minimum Gasteiger partial charge on any atom is -0.469 e. The quantitative estimate of drug-likeness (QED) is 0.785. The molecule has 5 nitrogen and oxygen atoms in total. The van der Waals surface area contributed by atoms with Crippen LogP contribution in [0, 0.1) is 0 Å². The molecule has 5 heteroatoms. The molecule has 2 aromatic rings. The molecule has 2 aromatic heterocycles. The van der Waals surface area contributed by atoms with Gasteiger partial charge in [0.05, 0.1) is 18.7 Å². The number of anilines is 2. The van der Waals surface area contributed by atoms with Gasteiger partial charge in [0.1, 0.15) is 17.4 Å². The Morgan fingerprint density at radius 3 is 2.93 bits per heavy atom. The van der Waals surface area contributed by atoms with Crippen molar-refractivity contribution in [3.63, 3.8) is 0 Å². The third-order valence-corrected chi connectivity index (χ3v) is 1.93. The van der Waals surface area contributed by atoms with Gasteiger partial charge < -0.3 is 15.5 Å². The maximum Gasteiger partial charge on any atom is 0.144 e. The van der Waals surface area contributed by atoms with Crippen LogP contribution in [0.4, 0.5) is 11.6 Å². The molecule has 3 N–H and O–H groups in total. The maximum absolute atomic E-state index is 5.42. The van der Waals surface area contributed by atoms with Gasteiger partial charge in [0, 0.05) is 13.0 Å². The van der Waals surface area contributed by atoms with Gasteiger partial charge in [-0.25, -0.2) is 9.97 Å². The van der Waals surface area contributed by atoms with Gasteiger partial charge >= 0.3 is 0 Å². The summed E-state index contributed by atoms with van der Waals surface area (Å²) in [6.45, 7) is 0.756. The van der Waals surface area contributed by atoms with Gasteiger partial charge in [-0.2, -0.15) is 0 Å². The molecule has 0 aliphatic heterocycles. The van der Waals surface area contributed by atoms with E-state index in [0.717, 1.165) is 24.5 Å². The van der Waals surface area contributed by atoms with Crippen molar-refractivity contribution in [3.05, 3.63) is 36.5 Å². The lowest BCUT2D eigenvalue weighted by Gasteiger charge is -2.03. The molecule has 78 valence electrons. The molecular weight excluding hydrogens is 192 g/mol. The molecule has 0 saturated carbocycles. The number of aromatic nitrogens is 2. The smallest absolute Gasteiger partial charge is 0.144 e. The van der Waals surface area contributed by atoms with Crippen molar-refractivity contribution >= 4 is 11.6 Å². The largest absolute Gasteiger partial charge is 0.469 e. The summed E-state index contributed by atoms with van der Waals surface area (Å²) in [6.07, 6.45) is 5.62. The van der Waals surface area contributed by atoms with Crippen LogP contribution in [0.2, 0.25) is 0 Å². The zero-order chi connectivity index (χ0) is 10.5. The summed E-state index contributed by atoms with van der Waals surface area (Å²) in [5.41, 5.74) is 5.42. The first kappa shape index (κ1) is 9.51. The number of nitrogens with two attached hydrogens (primary N) is 1. The van der Waals surface area contributed by atoms with Crippen molar-refractivity contribution in [2.75, 3.05) is 17.6 Å². The summed E-state index contributed by atoms with van der Waals surface area (Å²) in [5.74, 6) is 2.09. The van der Waals surface area contributed by atoms with Crippen LogP contribution in [-0.4, -0.2) is 16.5 Å². The van der Waals surface area contributed by atoms with Gasteiger partial charge in [0.25, 0.3) is 0 Å². The number of hydrogen-bond acceptors (Lipinski definition) is 5. The predicted octanol–water partition coefficient (Wildman–Crippen LogP) is 1.31. The minimum atomic E-state index is 0.423. The fraction of sp³-hybridized carbons (Fsp3) is 0.200. The zero-order valence-electron chi connectivity index (χ0n) is 8.18. The average molecular weight is 204 g/mol. The Kier molecular flexibility index (Phi) is 2.82. The van der Waals surface area contributed by atoms with Crippen LogP contribution in [-0.2, 0) is 6.42 Å². The lowest BCUT2D eigenvalue weighted by Crippen LogP contribution is -2.06. The molecular formula is C10H12N4O. The molecule has 15 heavy (non-hydrogen) atoms. The third-order valence-electron chi connectivity index (χ3n) is 1.93. The van der Waals surface area contributed by atoms with Gasteiger partial charge in [-0.05, 0) is 12.1 Å². The second-order valence-corrected chi connectivity index (χ2v) is 3.08. The van der Waals surface area contributed by atoms with Crippen LogP contribution >= 0.6 is 0 Å². The monoisotopic (exact) mass is 204 g/mol. The number of nitrogens with one attached hydrogen (secondary N) is 1. The highest BCUT2D eigenvalue weighted by Gasteiger charge is 1.96. The number of hydrogen-bond donors (Lipinski definition) is 2. The number of nitrogen functional groups attached to an aromatic ring is 1. The van der Waals surface area contributed by atoms with E-state index in [1.165, 1.54) is 6.20 Å². The molecule has 0 aromatic carbocycles. The molecule has 0 unspecified atom stereocenters. The van der Waals surface area contributed by atoms with Crippen LogP contribution < -0.4 is 11.1 Å². The Morgan fingerprint density at radius 2 is 2.27 bits per heavy atom. The normalized spacial score (nSPS) is 10.1. The zero-order valence-corrected chi connectivity index (χ0v) is 8.18. The highest BCUT2D eigenvalue weighted by atomic mass is 16.3. The van der Waals surface area contributed by atoms with E-state index in [4.69, 9.17) is 10.2 Å². The highest BCUT2D eigenvalue weighted by Crippen LogP contribution is 2.04. The molecule has 0 amide bonds. The van der Waals surface area contributed by atoms with Crippen molar-refractivity contribution in [1.82, 2.24) is 9.97 Å². The second kappa shape index (κ2) is 4.45. The Labute approximate surface area is 87.3 Å². The lowest BCUT2D eigenvalue weighted by atomic mass is 10.3. The molecule has 2 rings (SSSR count). The SMILES string of the molecule is Nc1cnc(NCCc2ccco2)cn1. The molecule has 0 saturated heterocycles. The fourth-order valence-electron chi connectivity index (χ4n) is 1.20. The molecule has 2 heterocycles. The van der Waals surface area contributed by atoms with E-state index in [2.05, 4.69) is 15.3 Å². The van der Waals surface area contributed by atoms with E-state index in [9.17, 15) is 0 Å². The van der Waals surface area contributed by atoms with Crippen LogP contribution in [0.5, 0.6) is 0 Å². The van der Waals surface area contributed by atoms with Crippen LogP contribution in [0.1, 0.15) is 5.76 Å². The summed E-state index contributed by atoms with van der Waals surface area (Å²) in [6, 6.07) is 3.81. The molecule has 0 spiro atoms. The first-order chi connectivity index (χ1) is 7.34. The van der Waals surface area contributed by atoms with Crippen molar-refractivity contribution in [1.29, 1.82) is 0 Å². The van der Waals surface area contributed by atoms with Crippen LogP contribution in [0.25, 0.3) is 0 Å². The van der Waals surface area contributed by atoms with Gasteiger partial charge in [-0.3, -0.25) is 0 Å². The number of furan rings is 1. The first-order valence-electron chi connectivity index (χ1n) is 4.68. The summed E-state index contributed by atoms with van der Waals surface area (Å²) >= 11 is 0. The Morgan fingerprint density at radius 1 is 1.33 bits per heavy atom. The van der Waals surface area contributed by atoms with E-state index >= 15 is 0 Å². The number of nitrogens with zero attached hydrogens (tertiary/aromatic N) is 2.